The number of nitrogens with one attached hydrogen (secondary N) is 1. The SMILES string of the molecule is NC1CC(C(=O)O)CN1. The Morgan fingerprint density at radius 3 is 2.67 bits per heavy atom. The fourth-order valence-electron chi connectivity index (χ4n) is 0.955. The highest BCUT2D eigenvalue weighted by Crippen LogP contribution is 2.09. The molecule has 0 aromatic rings. The molecule has 0 radical (unpaired) electrons. The van der Waals surface area contributed by atoms with Crippen LogP contribution in [0.2, 0.25) is 0 Å². The van der Waals surface area contributed by atoms with Crippen LogP contribution in [-0.2, 0) is 4.79 Å². The van der Waals surface area contributed by atoms with Crippen molar-refractivity contribution in [2.45, 2.75) is 12.6 Å². The molecule has 4 N–H and O–H groups in total. The first-order valence-electron chi connectivity index (χ1n) is 2.92. The molecule has 0 saturated carbocycles. The van der Waals surface area contributed by atoms with E-state index in [1.807, 2.05) is 0 Å². The van der Waals surface area contributed by atoms with Crippen LogP contribution in [0.25, 0.3) is 0 Å². The summed E-state index contributed by atoms with van der Waals surface area (Å²) in [7, 11) is 0. The van der Waals surface area contributed by atoms with E-state index in [-0.39, 0.29) is 12.1 Å². The van der Waals surface area contributed by atoms with Crippen molar-refractivity contribution >= 4 is 5.97 Å². The molecule has 0 aromatic heterocycles. The normalized spacial score (nSPS) is 34.8. The van der Waals surface area contributed by atoms with Gasteiger partial charge in [0, 0.05) is 6.54 Å². The molecule has 0 bridgehead atoms. The van der Waals surface area contributed by atoms with Crippen molar-refractivity contribution in [1.82, 2.24) is 5.32 Å². The summed E-state index contributed by atoms with van der Waals surface area (Å²) in [6.45, 7) is 0.510. The third-order valence-electron chi connectivity index (χ3n) is 1.51. The smallest absolute Gasteiger partial charge is 0.307 e. The molecule has 52 valence electrons. The third kappa shape index (κ3) is 1.40. The Morgan fingerprint density at radius 2 is 2.44 bits per heavy atom. The molecule has 1 aliphatic rings. The van der Waals surface area contributed by atoms with Crippen LogP contribution >= 0.6 is 0 Å². The minimum Gasteiger partial charge on any atom is -0.481 e. The van der Waals surface area contributed by atoms with Gasteiger partial charge in [0.25, 0.3) is 0 Å². The van der Waals surface area contributed by atoms with Gasteiger partial charge >= 0.3 is 5.97 Å². The van der Waals surface area contributed by atoms with E-state index in [4.69, 9.17) is 10.8 Å². The molecular formula is C5H10N2O2. The van der Waals surface area contributed by atoms with Crippen molar-refractivity contribution in [2.75, 3.05) is 6.54 Å². The lowest BCUT2D eigenvalue weighted by atomic mass is 10.1. The van der Waals surface area contributed by atoms with Crippen LogP contribution in [0.4, 0.5) is 0 Å². The number of aliphatic carboxylic acids is 1. The minimum atomic E-state index is -0.754. The van der Waals surface area contributed by atoms with E-state index in [1.54, 1.807) is 0 Å². The number of carbonyl (C=O) groups is 1. The summed E-state index contributed by atoms with van der Waals surface area (Å²) in [5.41, 5.74) is 5.39. The van der Waals surface area contributed by atoms with E-state index in [1.165, 1.54) is 0 Å². The second kappa shape index (κ2) is 2.33. The van der Waals surface area contributed by atoms with Gasteiger partial charge in [0.2, 0.25) is 0 Å². The number of carboxylic acids is 1. The number of hydrogen-bond donors (Lipinski definition) is 3. The first-order chi connectivity index (χ1) is 4.20. The van der Waals surface area contributed by atoms with Crippen LogP contribution in [0.1, 0.15) is 6.42 Å². The van der Waals surface area contributed by atoms with Gasteiger partial charge in [0.05, 0.1) is 12.1 Å². The highest BCUT2D eigenvalue weighted by Gasteiger charge is 2.26. The second-order valence-corrected chi connectivity index (χ2v) is 2.29. The highest BCUT2D eigenvalue weighted by atomic mass is 16.4. The molecule has 2 atom stereocenters. The number of nitrogens with two attached hydrogens (primary N) is 1. The third-order valence-corrected chi connectivity index (χ3v) is 1.51. The van der Waals surface area contributed by atoms with Crippen LogP contribution in [0, 0.1) is 5.92 Å². The van der Waals surface area contributed by atoms with E-state index in [0.717, 1.165) is 0 Å². The minimum absolute atomic E-state index is 0.119. The maximum Gasteiger partial charge on any atom is 0.307 e. The molecule has 1 rings (SSSR count). The summed E-state index contributed by atoms with van der Waals surface area (Å²) in [4.78, 5) is 10.3. The predicted octanol–water partition coefficient (Wildman–Crippen LogP) is -1.03. The molecule has 4 nitrogen and oxygen atoms in total. The van der Waals surface area contributed by atoms with Gasteiger partial charge in [0.15, 0.2) is 0 Å². The quantitative estimate of drug-likeness (QED) is 0.424. The first kappa shape index (κ1) is 6.51. The zero-order valence-corrected chi connectivity index (χ0v) is 5.00. The van der Waals surface area contributed by atoms with Gasteiger partial charge in [-0.15, -0.1) is 0 Å². The summed E-state index contributed by atoms with van der Waals surface area (Å²) in [5.74, 6) is -1.03. The summed E-state index contributed by atoms with van der Waals surface area (Å²) < 4.78 is 0. The van der Waals surface area contributed by atoms with Gasteiger partial charge in [-0.1, -0.05) is 0 Å². The van der Waals surface area contributed by atoms with Crippen LogP contribution in [0.3, 0.4) is 0 Å². The van der Waals surface area contributed by atoms with E-state index >= 15 is 0 Å². The Kier molecular flexibility index (Phi) is 1.68. The van der Waals surface area contributed by atoms with Gasteiger partial charge in [0.1, 0.15) is 0 Å². The molecule has 0 aromatic carbocycles. The van der Waals surface area contributed by atoms with Crippen LogP contribution in [0.15, 0.2) is 0 Å². The molecule has 0 spiro atoms. The Bertz CT molecular complexity index is 126. The van der Waals surface area contributed by atoms with Gasteiger partial charge in [-0.2, -0.15) is 0 Å². The molecule has 0 amide bonds. The Labute approximate surface area is 53.0 Å². The zero-order valence-electron chi connectivity index (χ0n) is 5.00. The zero-order chi connectivity index (χ0) is 6.85. The molecule has 2 unspecified atom stereocenters. The lowest BCUT2D eigenvalue weighted by molar-refractivity contribution is -0.141. The fourth-order valence-corrected chi connectivity index (χ4v) is 0.955. The summed E-state index contributed by atoms with van der Waals surface area (Å²) >= 11 is 0. The summed E-state index contributed by atoms with van der Waals surface area (Å²) in [6, 6.07) is 0. The van der Waals surface area contributed by atoms with Crippen LogP contribution in [0.5, 0.6) is 0 Å². The molecule has 9 heavy (non-hydrogen) atoms. The molecule has 1 aliphatic heterocycles. The van der Waals surface area contributed by atoms with Crippen molar-refractivity contribution in [2.24, 2.45) is 11.7 Å². The van der Waals surface area contributed by atoms with Crippen LogP contribution in [-0.4, -0.2) is 23.8 Å². The maximum absolute atomic E-state index is 10.3. The standard InChI is InChI=1S/C5H10N2O2/c6-4-1-3(2-7-4)5(8)9/h3-4,7H,1-2,6H2,(H,8,9). The highest BCUT2D eigenvalue weighted by molar-refractivity contribution is 5.70. The second-order valence-electron chi connectivity index (χ2n) is 2.29. The fraction of sp³-hybridized carbons (Fsp3) is 0.800. The summed E-state index contributed by atoms with van der Waals surface area (Å²) in [5, 5.41) is 11.3. The topological polar surface area (TPSA) is 75.4 Å². The van der Waals surface area contributed by atoms with E-state index in [9.17, 15) is 4.79 Å². The Balaban J connectivity index is 2.39. The van der Waals surface area contributed by atoms with Gasteiger partial charge in [-0.05, 0) is 6.42 Å². The molecular weight excluding hydrogens is 120 g/mol. The van der Waals surface area contributed by atoms with Gasteiger partial charge in [-0.3, -0.25) is 4.79 Å². The van der Waals surface area contributed by atoms with Gasteiger partial charge < -0.3 is 16.2 Å². The molecule has 0 aliphatic carbocycles. The lowest BCUT2D eigenvalue weighted by Crippen LogP contribution is -2.30. The Hall–Kier alpha value is -0.610. The van der Waals surface area contributed by atoms with Crippen molar-refractivity contribution in [3.63, 3.8) is 0 Å². The predicted molar refractivity (Wildman–Crippen MR) is 31.7 cm³/mol. The van der Waals surface area contributed by atoms with Crippen molar-refractivity contribution in [3.05, 3.63) is 0 Å². The average Bonchev–Trinajstić information content (AvgIpc) is 2.14. The molecule has 1 heterocycles. The van der Waals surface area contributed by atoms with Crippen molar-refractivity contribution in [1.29, 1.82) is 0 Å². The van der Waals surface area contributed by atoms with Crippen molar-refractivity contribution in [3.8, 4) is 0 Å². The first-order valence-corrected chi connectivity index (χ1v) is 2.92. The molecule has 4 heteroatoms. The number of rotatable bonds is 1. The lowest BCUT2D eigenvalue weighted by Gasteiger charge is -1.98. The monoisotopic (exact) mass is 130 g/mol. The maximum atomic E-state index is 10.3. The largest absolute Gasteiger partial charge is 0.481 e. The number of hydrogen-bond acceptors (Lipinski definition) is 3. The summed E-state index contributed by atoms with van der Waals surface area (Å²) in [6.07, 6.45) is 0.432. The van der Waals surface area contributed by atoms with Crippen molar-refractivity contribution < 1.29 is 9.90 Å². The van der Waals surface area contributed by atoms with E-state index < -0.39 is 5.97 Å². The molecule has 1 saturated heterocycles. The number of carboxylic acid groups (broad SMARTS) is 1. The van der Waals surface area contributed by atoms with E-state index in [0.29, 0.717) is 13.0 Å². The average molecular weight is 130 g/mol. The molecule has 1 fully saturated rings. The van der Waals surface area contributed by atoms with E-state index in [2.05, 4.69) is 5.32 Å². The van der Waals surface area contributed by atoms with Crippen LogP contribution < -0.4 is 11.1 Å². The Morgan fingerprint density at radius 1 is 1.78 bits per heavy atom. The van der Waals surface area contributed by atoms with Gasteiger partial charge in [-0.25, -0.2) is 0 Å².